The Kier molecular flexibility index (Phi) is 7.38. The first-order valence-corrected chi connectivity index (χ1v) is 13.5. The lowest BCUT2D eigenvalue weighted by Gasteiger charge is -2.29. The van der Waals surface area contributed by atoms with E-state index in [2.05, 4.69) is 55.9 Å². The summed E-state index contributed by atoms with van der Waals surface area (Å²) in [5.74, 6) is 0.599. The number of hydrogen-bond acceptors (Lipinski definition) is 9. The van der Waals surface area contributed by atoms with Crippen LogP contribution in [0.25, 0.3) is 28.1 Å². The Hall–Kier alpha value is -4.53. The standard InChI is InChI=1S/C28H34N10O2/c1-17(2)33-23-11-25(38-26-19(14-32-38)10-18(12-29)13-31-26)30-15-22(23)24-16-37(36-35-24)21-8-6-20(7-9-21)34-27(39)40-28(3,4)5/h10-11,13-17,20-21H,6-9H2,1-5H3,(H,30,33)(H,34,39). The van der Waals surface area contributed by atoms with Gasteiger partial charge >= 0.3 is 6.09 Å². The van der Waals surface area contributed by atoms with Gasteiger partial charge in [-0.3, -0.25) is 0 Å². The van der Waals surface area contributed by atoms with Crippen LogP contribution in [-0.2, 0) is 4.74 Å². The minimum atomic E-state index is -0.514. The summed E-state index contributed by atoms with van der Waals surface area (Å²) in [5.41, 5.74) is 3.00. The number of carbonyl (C=O) groups excluding carboxylic acids is 1. The molecule has 0 atom stereocenters. The summed E-state index contributed by atoms with van der Waals surface area (Å²) in [5, 5.41) is 29.8. The largest absolute Gasteiger partial charge is 0.444 e. The van der Waals surface area contributed by atoms with Gasteiger partial charge in [-0.05, 0) is 66.4 Å². The van der Waals surface area contributed by atoms with Crippen LogP contribution >= 0.6 is 0 Å². The van der Waals surface area contributed by atoms with Crippen molar-refractivity contribution >= 4 is 22.8 Å². The van der Waals surface area contributed by atoms with Gasteiger partial charge in [0.25, 0.3) is 0 Å². The van der Waals surface area contributed by atoms with Gasteiger partial charge in [0.05, 0.1) is 24.0 Å². The maximum Gasteiger partial charge on any atom is 0.407 e. The third-order valence-corrected chi connectivity index (χ3v) is 6.67. The van der Waals surface area contributed by atoms with Gasteiger partial charge in [-0.15, -0.1) is 5.10 Å². The number of ether oxygens (including phenoxy) is 1. The molecule has 40 heavy (non-hydrogen) atoms. The summed E-state index contributed by atoms with van der Waals surface area (Å²) in [6.07, 6.45) is 10.0. The van der Waals surface area contributed by atoms with E-state index in [1.54, 1.807) is 23.1 Å². The fourth-order valence-corrected chi connectivity index (χ4v) is 4.88. The molecule has 2 N–H and O–H groups in total. The van der Waals surface area contributed by atoms with Gasteiger partial charge in [0.1, 0.15) is 17.4 Å². The Bertz CT molecular complexity index is 1550. The molecule has 1 aliphatic carbocycles. The first-order chi connectivity index (χ1) is 19.1. The van der Waals surface area contributed by atoms with Crippen LogP contribution in [-0.4, -0.2) is 58.5 Å². The predicted molar refractivity (Wildman–Crippen MR) is 150 cm³/mol. The lowest BCUT2D eigenvalue weighted by atomic mass is 9.91. The number of rotatable bonds is 6. The highest BCUT2D eigenvalue weighted by molar-refractivity contribution is 5.79. The van der Waals surface area contributed by atoms with E-state index in [4.69, 9.17) is 4.74 Å². The van der Waals surface area contributed by atoms with E-state index in [1.807, 2.05) is 37.7 Å². The maximum absolute atomic E-state index is 12.1. The van der Waals surface area contributed by atoms with E-state index >= 15 is 0 Å². The van der Waals surface area contributed by atoms with Crippen LogP contribution < -0.4 is 10.6 Å². The number of alkyl carbamates (subject to hydrolysis) is 1. The van der Waals surface area contributed by atoms with E-state index in [1.165, 1.54) is 6.20 Å². The molecule has 12 heteroatoms. The smallest absolute Gasteiger partial charge is 0.407 e. The van der Waals surface area contributed by atoms with Gasteiger partial charge in [-0.25, -0.2) is 19.4 Å². The summed E-state index contributed by atoms with van der Waals surface area (Å²) in [6.45, 7) is 9.72. The Morgan fingerprint density at radius 3 is 2.60 bits per heavy atom. The van der Waals surface area contributed by atoms with Crippen LogP contribution in [0.4, 0.5) is 10.5 Å². The van der Waals surface area contributed by atoms with Gasteiger partial charge in [0.15, 0.2) is 11.5 Å². The normalized spacial score (nSPS) is 17.5. The van der Waals surface area contributed by atoms with Crippen molar-refractivity contribution in [1.82, 2.24) is 40.1 Å². The molecule has 4 heterocycles. The number of hydrogen-bond donors (Lipinski definition) is 2. The second-order valence-corrected chi connectivity index (χ2v) is 11.4. The van der Waals surface area contributed by atoms with Crippen LogP contribution in [0.15, 0.2) is 36.9 Å². The Morgan fingerprint density at radius 2 is 1.90 bits per heavy atom. The maximum atomic E-state index is 12.1. The van der Waals surface area contributed by atoms with E-state index in [-0.39, 0.29) is 24.2 Å². The number of nitriles is 1. The lowest BCUT2D eigenvalue weighted by Crippen LogP contribution is -2.41. The second-order valence-electron chi connectivity index (χ2n) is 11.4. The quantitative estimate of drug-likeness (QED) is 0.351. The highest BCUT2D eigenvalue weighted by Crippen LogP contribution is 2.32. The number of nitrogens with one attached hydrogen (secondary N) is 2. The zero-order valence-corrected chi connectivity index (χ0v) is 23.4. The molecule has 4 aromatic rings. The molecule has 208 valence electrons. The summed E-state index contributed by atoms with van der Waals surface area (Å²) in [6, 6.07) is 6.25. The monoisotopic (exact) mass is 542 g/mol. The minimum Gasteiger partial charge on any atom is -0.444 e. The number of anilines is 1. The molecule has 0 bridgehead atoms. The van der Waals surface area contributed by atoms with E-state index in [0.717, 1.165) is 48.0 Å². The molecule has 0 aliphatic heterocycles. The van der Waals surface area contributed by atoms with Crippen LogP contribution in [0.5, 0.6) is 0 Å². The molecule has 12 nitrogen and oxygen atoms in total. The molecule has 1 saturated carbocycles. The number of fused-ring (bicyclic) bond motifs is 1. The SMILES string of the molecule is CC(C)Nc1cc(-n2ncc3cc(C#N)cnc32)ncc1-c1cn(C2CCC(NC(=O)OC(C)(C)C)CC2)nn1. The molecule has 5 rings (SSSR count). The summed E-state index contributed by atoms with van der Waals surface area (Å²) >= 11 is 0. The molecule has 0 saturated heterocycles. The molecule has 1 aliphatic rings. The molecule has 4 aromatic heterocycles. The summed E-state index contributed by atoms with van der Waals surface area (Å²) in [4.78, 5) is 21.2. The van der Waals surface area contributed by atoms with E-state index < -0.39 is 5.60 Å². The van der Waals surface area contributed by atoms with Crippen molar-refractivity contribution in [2.24, 2.45) is 0 Å². The zero-order valence-electron chi connectivity index (χ0n) is 23.4. The van der Waals surface area contributed by atoms with E-state index in [0.29, 0.717) is 17.0 Å². The van der Waals surface area contributed by atoms with Crippen LogP contribution in [0, 0.1) is 11.3 Å². The van der Waals surface area contributed by atoms with Crippen molar-refractivity contribution in [2.75, 3.05) is 5.32 Å². The third-order valence-electron chi connectivity index (χ3n) is 6.67. The van der Waals surface area contributed by atoms with Crippen LogP contribution in [0.2, 0.25) is 0 Å². The Labute approximate surface area is 232 Å². The zero-order chi connectivity index (χ0) is 28.4. The second kappa shape index (κ2) is 10.9. The van der Waals surface area contributed by atoms with Crippen LogP contribution in [0.1, 0.15) is 71.9 Å². The molecule has 0 radical (unpaired) electrons. The minimum absolute atomic E-state index is 0.0899. The number of carbonyl (C=O) groups is 1. The number of pyridine rings is 2. The predicted octanol–water partition coefficient (Wildman–Crippen LogP) is 4.77. The lowest BCUT2D eigenvalue weighted by molar-refractivity contribution is 0.0487. The van der Waals surface area contributed by atoms with Crippen molar-refractivity contribution in [2.45, 2.75) is 84.0 Å². The summed E-state index contributed by atoms with van der Waals surface area (Å²) in [7, 11) is 0. The summed E-state index contributed by atoms with van der Waals surface area (Å²) < 4.78 is 8.97. The van der Waals surface area contributed by atoms with Crippen molar-refractivity contribution in [3.63, 3.8) is 0 Å². The van der Waals surface area contributed by atoms with E-state index in [9.17, 15) is 10.1 Å². The Morgan fingerprint density at radius 1 is 1.12 bits per heavy atom. The van der Waals surface area contributed by atoms with Crippen molar-refractivity contribution in [3.8, 4) is 23.1 Å². The topological polar surface area (TPSA) is 148 Å². The average Bonchev–Trinajstić information content (AvgIpc) is 3.55. The molecule has 0 spiro atoms. The van der Waals surface area contributed by atoms with Crippen LogP contribution in [0.3, 0.4) is 0 Å². The number of aromatic nitrogens is 7. The average molecular weight is 543 g/mol. The first-order valence-electron chi connectivity index (χ1n) is 13.5. The first kappa shape index (κ1) is 27.1. The highest BCUT2D eigenvalue weighted by Gasteiger charge is 2.27. The van der Waals surface area contributed by atoms with Gasteiger partial charge < -0.3 is 15.4 Å². The molecular weight excluding hydrogens is 508 g/mol. The molecule has 1 fully saturated rings. The molecule has 1 amide bonds. The van der Waals surface area contributed by atoms with Crippen molar-refractivity contribution in [3.05, 3.63) is 42.5 Å². The Balaban J connectivity index is 1.33. The third kappa shape index (κ3) is 6.03. The molecule has 0 aromatic carbocycles. The molecular formula is C28H34N10O2. The molecule has 0 unspecified atom stereocenters. The number of amides is 1. The fourth-order valence-electron chi connectivity index (χ4n) is 4.88. The van der Waals surface area contributed by atoms with Gasteiger partial charge in [0.2, 0.25) is 0 Å². The number of nitrogens with zero attached hydrogens (tertiary/aromatic N) is 8. The van der Waals surface area contributed by atoms with Crippen molar-refractivity contribution < 1.29 is 9.53 Å². The van der Waals surface area contributed by atoms with Gasteiger partial charge in [-0.1, -0.05) is 5.21 Å². The van der Waals surface area contributed by atoms with Crippen molar-refractivity contribution in [1.29, 1.82) is 5.26 Å². The highest BCUT2D eigenvalue weighted by atomic mass is 16.6. The van der Waals surface area contributed by atoms with Gasteiger partial charge in [-0.2, -0.15) is 15.0 Å². The fraction of sp³-hybridized carbons (Fsp3) is 0.464. The van der Waals surface area contributed by atoms with Gasteiger partial charge in [0, 0.05) is 47.2 Å².